The summed E-state index contributed by atoms with van der Waals surface area (Å²) in [6, 6.07) is 43.6. The SMILES string of the molecule is Cc1ccccc1-c1ccccc1-c1ccc2c3ccccc3n(-c3ccccc3)c2c1. The Morgan fingerprint density at radius 1 is 0.469 bits per heavy atom. The van der Waals surface area contributed by atoms with Crippen LogP contribution in [0.2, 0.25) is 0 Å². The molecule has 1 heteroatoms. The van der Waals surface area contributed by atoms with E-state index in [0.29, 0.717) is 0 Å². The Kier molecular flexibility index (Phi) is 4.40. The van der Waals surface area contributed by atoms with Gasteiger partial charge in [0.15, 0.2) is 0 Å². The summed E-state index contributed by atoms with van der Waals surface area (Å²) in [5.74, 6) is 0. The van der Waals surface area contributed by atoms with Crippen LogP contribution in [0.25, 0.3) is 49.7 Å². The molecule has 1 heterocycles. The third-order valence-corrected chi connectivity index (χ3v) is 6.36. The maximum atomic E-state index is 2.38. The number of aryl methyl sites for hydroxylation is 1. The minimum atomic E-state index is 1.18. The zero-order valence-electron chi connectivity index (χ0n) is 18.0. The van der Waals surface area contributed by atoms with Gasteiger partial charge in [-0.25, -0.2) is 0 Å². The highest BCUT2D eigenvalue weighted by Gasteiger charge is 2.14. The van der Waals surface area contributed by atoms with Gasteiger partial charge in [-0.3, -0.25) is 0 Å². The van der Waals surface area contributed by atoms with E-state index in [1.807, 2.05) is 0 Å². The lowest BCUT2D eigenvalue weighted by molar-refractivity contribution is 1.18. The molecule has 0 saturated heterocycles. The summed E-state index contributed by atoms with van der Waals surface area (Å²) in [4.78, 5) is 0. The highest BCUT2D eigenvalue weighted by molar-refractivity contribution is 6.10. The lowest BCUT2D eigenvalue weighted by Gasteiger charge is -2.13. The quantitative estimate of drug-likeness (QED) is 0.276. The largest absolute Gasteiger partial charge is 0.309 e. The van der Waals surface area contributed by atoms with E-state index < -0.39 is 0 Å². The number of para-hydroxylation sites is 2. The average molecular weight is 410 g/mol. The number of aromatic nitrogens is 1. The fourth-order valence-corrected chi connectivity index (χ4v) is 4.84. The molecule has 1 aromatic heterocycles. The number of rotatable bonds is 3. The predicted molar refractivity (Wildman–Crippen MR) is 136 cm³/mol. The Balaban J connectivity index is 1.65. The topological polar surface area (TPSA) is 4.93 Å². The number of fused-ring (bicyclic) bond motifs is 3. The number of nitrogens with zero attached hydrogens (tertiary/aromatic N) is 1. The van der Waals surface area contributed by atoms with Crippen LogP contribution in [-0.4, -0.2) is 4.57 Å². The first-order valence-electron chi connectivity index (χ1n) is 11.1. The summed E-state index contributed by atoms with van der Waals surface area (Å²) < 4.78 is 2.38. The number of hydrogen-bond acceptors (Lipinski definition) is 0. The molecule has 0 amide bonds. The lowest BCUT2D eigenvalue weighted by atomic mass is 9.92. The van der Waals surface area contributed by atoms with Gasteiger partial charge in [-0.2, -0.15) is 0 Å². The molecule has 32 heavy (non-hydrogen) atoms. The molecule has 0 aliphatic heterocycles. The first-order valence-corrected chi connectivity index (χ1v) is 11.1. The molecule has 0 radical (unpaired) electrons. The van der Waals surface area contributed by atoms with Gasteiger partial charge < -0.3 is 4.57 Å². The fraction of sp³-hybridized carbons (Fsp3) is 0.0323. The number of benzene rings is 5. The van der Waals surface area contributed by atoms with Crippen molar-refractivity contribution >= 4 is 21.8 Å². The summed E-state index contributed by atoms with van der Waals surface area (Å²) >= 11 is 0. The van der Waals surface area contributed by atoms with E-state index in [1.54, 1.807) is 0 Å². The van der Waals surface area contributed by atoms with Crippen molar-refractivity contribution in [2.45, 2.75) is 6.92 Å². The van der Waals surface area contributed by atoms with Crippen LogP contribution in [0.15, 0.2) is 121 Å². The van der Waals surface area contributed by atoms with Crippen molar-refractivity contribution in [2.75, 3.05) is 0 Å². The summed E-state index contributed by atoms with van der Waals surface area (Å²) in [6.45, 7) is 2.18. The molecule has 152 valence electrons. The van der Waals surface area contributed by atoms with Crippen LogP contribution < -0.4 is 0 Å². The first kappa shape index (κ1) is 18.7. The average Bonchev–Trinajstić information content (AvgIpc) is 3.18. The normalized spacial score (nSPS) is 11.3. The van der Waals surface area contributed by atoms with Gasteiger partial charge in [-0.15, -0.1) is 0 Å². The van der Waals surface area contributed by atoms with Crippen molar-refractivity contribution in [1.29, 1.82) is 0 Å². The molecule has 0 aliphatic carbocycles. The molecule has 0 unspecified atom stereocenters. The molecule has 0 bridgehead atoms. The molecule has 6 aromatic rings. The summed E-state index contributed by atoms with van der Waals surface area (Å²) in [5, 5.41) is 2.56. The van der Waals surface area contributed by atoms with Gasteiger partial charge in [0.05, 0.1) is 11.0 Å². The maximum absolute atomic E-state index is 2.38. The Morgan fingerprint density at radius 3 is 1.91 bits per heavy atom. The van der Waals surface area contributed by atoms with Gasteiger partial charge in [-0.05, 0) is 59.0 Å². The van der Waals surface area contributed by atoms with Crippen molar-refractivity contribution < 1.29 is 0 Å². The van der Waals surface area contributed by atoms with Crippen LogP contribution in [0.5, 0.6) is 0 Å². The molecule has 0 aliphatic rings. The van der Waals surface area contributed by atoms with Crippen molar-refractivity contribution in [3.05, 3.63) is 127 Å². The summed E-state index contributed by atoms with van der Waals surface area (Å²) in [7, 11) is 0. The highest BCUT2D eigenvalue weighted by atomic mass is 15.0. The minimum absolute atomic E-state index is 1.18. The van der Waals surface area contributed by atoms with E-state index >= 15 is 0 Å². The van der Waals surface area contributed by atoms with E-state index in [-0.39, 0.29) is 0 Å². The predicted octanol–water partition coefficient (Wildman–Crippen LogP) is 8.43. The Labute approximate surface area is 188 Å². The van der Waals surface area contributed by atoms with E-state index in [4.69, 9.17) is 0 Å². The van der Waals surface area contributed by atoms with Crippen LogP contribution in [0.3, 0.4) is 0 Å². The standard InChI is InChI=1S/C31H23N/c1-22-11-5-6-14-25(22)27-16-8-7-15-26(27)23-19-20-29-28-17-9-10-18-30(28)32(31(29)21-23)24-12-3-2-4-13-24/h2-21H,1H3. The molecule has 0 spiro atoms. The zero-order chi connectivity index (χ0) is 21.5. The Bertz CT molecular complexity index is 1570. The molecule has 0 N–H and O–H groups in total. The number of hydrogen-bond donors (Lipinski definition) is 0. The molecular weight excluding hydrogens is 386 g/mol. The second-order valence-electron chi connectivity index (χ2n) is 8.28. The lowest BCUT2D eigenvalue weighted by Crippen LogP contribution is -1.93. The van der Waals surface area contributed by atoms with Gasteiger partial charge in [-0.1, -0.05) is 97.1 Å². The van der Waals surface area contributed by atoms with Gasteiger partial charge in [0.2, 0.25) is 0 Å². The molecular formula is C31H23N. The summed E-state index contributed by atoms with van der Waals surface area (Å²) in [6.07, 6.45) is 0. The maximum Gasteiger partial charge on any atom is 0.0547 e. The monoisotopic (exact) mass is 409 g/mol. The van der Waals surface area contributed by atoms with Crippen LogP contribution >= 0.6 is 0 Å². The second-order valence-corrected chi connectivity index (χ2v) is 8.28. The zero-order valence-corrected chi connectivity index (χ0v) is 18.0. The third kappa shape index (κ3) is 2.94. The van der Waals surface area contributed by atoms with E-state index in [1.165, 1.54) is 55.3 Å². The molecule has 0 fully saturated rings. The van der Waals surface area contributed by atoms with E-state index in [2.05, 4.69) is 133 Å². The van der Waals surface area contributed by atoms with Crippen LogP contribution in [0, 0.1) is 6.92 Å². The van der Waals surface area contributed by atoms with Gasteiger partial charge in [0, 0.05) is 16.5 Å². The molecule has 0 atom stereocenters. The van der Waals surface area contributed by atoms with Gasteiger partial charge >= 0.3 is 0 Å². The minimum Gasteiger partial charge on any atom is -0.309 e. The Hall–Kier alpha value is -4.10. The Morgan fingerprint density at radius 2 is 1.09 bits per heavy atom. The van der Waals surface area contributed by atoms with E-state index in [0.717, 1.165) is 0 Å². The van der Waals surface area contributed by atoms with Crippen LogP contribution in [0.1, 0.15) is 5.56 Å². The van der Waals surface area contributed by atoms with E-state index in [9.17, 15) is 0 Å². The van der Waals surface area contributed by atoms with Crippen molar-refractivity contribution in [3.8, 4) is 27.9 Å². The molecule has 5 aromatic carbocycles. The summed E-state index contributed by atoms with van der Waals surface area (Å²) in [5.41, 5.74) is 9.99. The first-order chi connectivity index (χ1) is 15.8. The van der Waals surface area contributed by atoms with Crippen molar-refractivity contribution in [2.24, 2.45) is 0 Å². The van der Waals surface area contributed by atoms with Crippen molar-refractivity contribution in [3.63, 3.8) is 0 Å². The van der Waals surface area contributed by atoms with Gasteiger partial charge in [0.25, 0.3) is 0 Å². The third-order valence-electron chi connectivity index (χ3n) is 6.36. The second kappa shape index (κ2) is 7.55. The molecule has 0 saturated carbocycles. The van der Waals surface area contributed by atoms with Crippen LogP contribution in [0.4, 0.5) is 0 Å². The van der Waals surface area contributed by atoms with Crippen molar-refractivity contribution in [1.82, 2.24) is 4.57 Å². The molecule has 6 rings (SSSR count). The fourth-order valence-electron chi connectivity index (χ4n) is 4.84. The smallest absolute Gasteiger partial charge is 0.0547 e. The highest BCUT2D eigenvalue weighted by Crippen LogP contribution is 2.38. The van der Waals surface area contributed by atoms with Gasteiger partial charge in [0.1, 0.15) is 0 Å². The molecule has 1 nitrogen and oxygen atoms in total. The van der Waals surface area contributed by atoms with Crippen LogP contribution in [-0.2, 0) is 0 Å².